The van der Waals surface area contributed by atoms with Gasteiger partial charge in [-0.2, -0.15) is 0 Å². The summed E-state index contributed by atoms with van der Waals surface area (Å²) >= 11 is 0.823. The zero-order valence-corrected chi connectivity index (χ0v) is 7.28. The Hall–Kier alpha value is -1.10. The minimum Gasteiger partial charge on any atom is -0.481 e. The number of benzene rings is 1. The average molecular weight is 204 g/mol. The number of carboxylic acids is 1. The molecule has 0 saturated heterocycles. The number of rotatable bonds is 3. The quantitative estimate of drug-likeness (QED) is 0.766. The molecule has 70 valence electrons. The molecule has 13 heavy (non-hydrogen) atoms. The lowest BCUT2D eigenvalue weighted by Gasteiger charge is -1.99. The zero-order chi connectivity index (χ0) is 9.84. The van der Waals surface area contributed by atoms with E-state index in [4.69, 9.17) is 5.11 Å². The standard InChI is InChI=1S/C8H6F2O2S/c9-5-1-2-7(6(10)3-5)13-4-8(11)12/h1-3H,4H2,(H,11,12). The fourth-order valence-corrected chi connectivity index (χ4v) is 1.37. The summed E-state index contributed by atoms with van der Waals surface area (Å²) in [5, 5.41) is 8.30. The van der Waals surface area contributed by atoms with Crippen LogP contribution in [-0.4, -0.2) is 16.8 Å². The molecule has 0 saturated carbocycles. The predicted molar refractivity (Wildman–Crippen MR) is 44.7 cm³/mol. The first kappa shape index (κ1) is 9.98. The number of halogens is 2. The number of hydrogen-bond donors (Lipinski definition) is 1. The molecule has 2 nitrogen and oxygen atoms in total. The second-order valence-electron chi connectivity index (χ2n) is 2.26. The molecule has 0 radical (unpaired) electrons. The maximum Gasteiger partial charge on any atom is 0.313 e. The van der Waals surface area contributed by atoms with E-state index in [0.717, 1.165) is 23.9 Å². The van der Waals surface area contributed by atoms with Gasteiger partial charge in [-0.25, -0.2) is 8.78 Å². The number of carbonyl (C=O) groups is 1. The molecule has 0 amide bonds. The maximum atomic E-state index is 12.8. The monoisotopic (exact) mass is 204 g/mol. The van der Waals surface area contributed by atoms with Gasteiger partial charge in [-0.1, -0.05) is 0 Å². The Balaban J connectivity index is 2.72. The molecule has 1 rings (SSSR count). The molecule has 5 heteroatoms. The van der Waals surface area contributed by atoms with Crippen LogP contribution >= 0.6 is 11.8 Å². The Morgan fingerprint density at radius 3 is 2.69 bits per heavy atom. The van der Waals surface area contributed by atoms with Crippen molar-refractivity contribution in [3.63, 3.8) is 0 Å². The summed E-state index contributed by atoms with van der Waals surface area (Å²) in [6, 6.07) is 3.04. The fraction of sp³-hybridized carbons (Fsp3) is 0.125. The van der Waals surface area contributed by atoms with Gasteiger partial charge in [-0.3, -0.25) is 4.79 Å². The number of aliphatic carboxylic acids is 1. The van der Waals surface area contributed by atoms with Gasteiger partial charge in [0.2, 0.25) is 0 Å². The lowest BCUT2D eigenvalue weighted by Crippen LogP contribution is -1.98. The van der Waals surface area contributed by atoms with Crippen LogP contribution in [0, 0.1) is 11.6 Å². The van der Waals surface area contributed by atoms with Gasteiger partial charge in [-0.05, 0) is 12.1 Å². The van der Waals surface area contributed by atoms with Gasteiger partial charge in [0.1, 0.15) is 11.6 Å². The van der Waals surface area contributed by atoms with Crippen LogP contribution in [0.15, 0.2) is 23.1 Å². The second kappa shape index (κ2) is 4.23. The Morgan fingerprint density at radius 2 is 2.15 bits per heavy atom. The van der Waals surface area contributed by atoms with E-state index in [1.54, 1.807) is 0 Å². The molecule has 0 bridgehead atoms. The van der Waals surface area contributed by atoms with Crippen LogP contribution < -0.4 is 0 Å². The molecule has 1 N–H and O–H groups in total. The van der Waals surface area contributed by atoms with Crippen molar-refractivity contribution in [3.8, 4) is 0 Å². The highest BCUT2D eigenvalue weighted by Crippen LogP contribution is 2.21. The summed E-state index contributed by atoms with van der Waals surface area (Å²) in [7, 11) is 0. The van der Waals surface area contributed by atoms with Crippen molar-refractivity contribution in [2.75, 3.05) is 5.75 Å². The van der Waals surface area contributed by atoms with Crippen LogP contribution in [0.2, 0.25) is 0 Å². The maximum absolute atomic E-state index is 12.8. The molecule has 0 fully saturated rings. The third-order valence-corrected chi connectivity index (χ3v) is 2.28. The Labute approximate surface area is 77.6 Å². The van der Waals surface area contributed by atoms with Gasteiger partial charge in [0.25, 0.3) is 0 Å². The largest absolute Gasteiger partial charge is 0.481 e. The van der Waals surface area contributed by atoms with E-state index in [0.29, 0.717) is 0 Å². The van der Waals surface area contributed by atoms with E-state index in [1.165, 1.54) is 6.07 Å². The smallest absolute Gasteiger partial charge is 0.313 e. The number of carboxylic acid groups (broad SMARTS) is 1. The predicted octanol–water partition coefficient (Wildman–Crippen LogP) is 2.14. The topological polar surface area (TPSA) is 37.3 Å². The highest BCUT2D eigenvalue weighted by Gasteiger charge is 2.06. The summed E-state index contributed by atoms with van der Waals surface area (Å²) in [5.41, 5.74) is 0. The minimum atomic E-state index is -1.03. The molecule has 1 aromatic rings. The third kappa shape index (κ3) is 3.02. The summed E-state index contributed by atoms with van der Waals surface area (Å²) in [4.78, 5) is 10.3. The first-order valence-corrected chi connectivity index (χ1v) is 4.38. The zero-order valence-electron chi connectivity index (χ0n) is 6.46. The molecule has 1 aromatic carbocycles. The molecule has 0 aliphatic carbocycles. The van der Waals surface area contributed by atoms with Crippen molar-refractivity contribution in [1.29, 1.82) is 0 Å². The molecule has 0 atom stereocenters. The van der Waals surface area contributed by atoms with E-state index in [9.17, 15) is 13.6 Å². The molecule has 0 aliphatic rings. The van der Waals surface area contributed by atoms with Crippen LogP contribution in [0.4, 0.5) is 8.78 Å². The van der Waals surface area contributed by atoms with Crippen LogP contribution in [0.5, 0.6) is 0 Å². The summed E-state index contributed by atoms with van der Waals surface area (Å²) < 4.78 is 25.2. The van der Waals surface area contributed by atoms with Crippen molar-refractivity contribution in [3.05, 3.63) is 29.8 Å². The van der Waals surface area contributed by atoms with E-state index in [-0.39, 0.29) is 10.6 Å². The number of thioether (sulfide) groups is 1. The normalized spacial score (nSPS) is 10.0. The average Bonchev–Trinajstić information content (AvgIpc) is 2.02. The van der Waals surface area contributed by atoms with Crippen LogP contribution in [-0.2, 0) is 4.79 Å². The first-order valence-electron chi connectivity index (χ1n) is 3.39. The van der Waals surface area contributed by atoms with Gasteiger partial charge in [0.05, 0.1) is 5.75 Å². The minimum absolute atomic E-state index is 0.142. The molecule has 0 aromatic heterocycles. The van der Waals surface area contributed by atoms with Crippen molar-refractivity contribution < 1.29 is 18.7 Å². The lowest BCUT2D eigenvalue weighted by molar-refractivity contribution is -0.133. The molecular formula is C8H6F2O2S. The van der Waals surface area contributed by atoms with Gasteiger partial charge < -0.3 is 5.11 Å². The van der Waals surface area contributed by atoms with Crippen LogP contribution in [0.25, 0.3) is 0 Å². The second-order valence-corrected chi connectivity index (χ2v) is 3.27. The van der Waals surface area contributed by atoms with Gasteiger partial charge in [0.15, 0.2) is 0 Å². The van der Waals surface area contributed by atoms with Crippen molar-refractivity contribution >= 4 is 17.7 Å². The summed E-state index contributed by atoms with van der Waals surface area (Å²) in [5.74, 6) is -2.67. The fourth-order valence-electron chi connectivity index (χ4n) is 0.732. The van der Waals surface area contributed by atoms with E-state index >= 15 is 0 Å². The van der Waals surface area contributed by atoms with Crippen molar-refractivity contribution in [2.24, 2.45) is 0 Å². The summed E-state index contributed by atoms with van der Waals surface area (Å²) in [6.07, 6.45) is 0. The molecule has 0 heterocycles. The molecule has 0 aliphatic heterocycles. The van der Waals surface area contributed by atoms with E-state index in [2.05, 4.69) is 0 Å². The van der Waals surface area contributed by atoms with Gasteiger partial charge in [-0.15, -0.1) is 11.8 Å². The Kier molecular flexibility index (Phi) is 3.25. The summed E-state index contributed by atoms with van der Waals surface area (Å²) in [6.45, 7) is 0. The molecular weight excluding hydrogens is 198 g/mol. The first-order chi connectivity index (χ1) is 6.09. The highest BCUT2D eigenvalue weighted by atomic mass is 32.2. The molecule has 0 spiro atoms. The van der Waals surface area contributed by atoms with Crippen molar-refractivity contribution in [1.82, 2.24) is 0 Å². The number of hydrogen-bond acceptors (Lipinski definition) is 2. The van der Waals surface area contributed by atoms with Crippen molar-refractivity contribution in [2.45, 2.75) is 4.90 Å². The van der Waals surface area contributed by atoms with Crippen LogP contribution in [0.3, 0.4) is 0 Å². The van der Waals surface area contributed by atoms with E-state index in [1.807, 2.05) is 0 Å². The van der Waals surface area contributed by atoms with E-state index < -0.39 is 17.6 Å². The Morgan fingerprint density at radius 1 is 1.46 bits per heavy atom. The Bertz CT molecular complexity index is 328. The van der Waals surface area contributed by atoms with Crippen LogP contribution in [0.1, 0.15) is 0 Å². The highest BCUT2D eigenvalue weighted by molar-refractivity contribution is 8.00. The SMILES string of the molecule is O=C(O)CSc1ccc(F)cc1F. The van der Waals surface area contributed by atoms with Gasteiger partial charge in [0, 0.05) is 11.0 Å². The molecule has 0 unspecified atom stereocenters. The lowest BCUT2D eigenvalue weighted by atomic mass is 10.3. The third-order valence-electron chi connectivity index (χ3n) is 1.25. The van der Waals surface area contributed by atoms with Gasteiger partial charge >= 0.3 is 5.97 Å².